The molecule has 0 saturated carbocycles. The SMILES string of the molecule is C#CCCC(CCC)Oc1ncccn1. The Labute approximate surface area is 90.9 Å². The molecule has 0 aliphatic carbocycles. The molecule has 3 nitrogen and oxygen atoms in total. The van der Waals surface area contributed by atoms with Crippen molar-refractivity contribution >= 4 is 0 Å². The van der Waals surface area contributed by atoms with E-state index >= 15 is 0 Å². The molecule has 1 aromatic rings. The Balaban J connectivity index is 2.47. The summed E-state index contributed by atoms with van der Waals surface area (Å²) in [6.07, 6.45) is 12.4. The van der Waals surface area contributed by atoms with Crippen molar-refractivity contribution in [1.82, 2.24) is 9.97 Å². The normalized spacial score (nSPS) is 11.7. The van der Waals surface area contributed by atoms with Crippen LogP contribution < -0.4 is 4.74 Å². The zero-order valence-electron chi connectivity index (χ0n) is 9.02. The minimum atomic E-state index is 0.133. The van der Waals surface area contributed by atoms with Crippen LogP contribution in [0.25, 0.3) is 0 Å². The van der Waals surface area contributed by atoms with Gasteiger partial charge in [0.2, 0.25) is 0 Å². The van der Waals surface area contributed by atoms with E-state index in [9.17, 15) is 0 Å². The summed E-state index contributed by atoms with van der Waals surface area (Å²) in [6.45, 7) is 2.12. The van der Waals surface area contributed by atoms with Crippen LogP contribution in [0.3, 0.4) is 0 Å². The largest absolute Gasteiger partial charge is 0.460 e. The maximum absolute atomic E-state index is 5.64. The van der Waals surface area contributed by atoms with Crippen LogP contribution in [-0.2, 0) is 0 Å². The van der Waals surface area contributed by atoms with E-state index in [2.05, 4.69) is 22.8 Å². The molecule has 15 heavy (non-hydrogen) atoms. The van der Waals surface area contributed by atoms with E-state index in [1.807, 2.05) is 0 Å². The Hall–Kier alpha value is -1.56. The average molecular weight is 204 g/mol. The molecule has 0 aliphatic heterocycles. The highest BCUT2D eigenvalue weighted by atomic mass is 16.5. The lowest BCUT2D eigenvalue weighted by Crippen LogP contribution is -2.17. The van der Waals surface area contributed by atoms with Crippen molar-refractivity contribution in [3.63, 3.8) is 0 Å². The summed E-state index contributed by atoms with van der Waals surface area (Å²) in [6, 6.07) is 2.20. The van der Waals surface area contributed by atoms with Crippen LogP contribution in [0.5, 0.6) is 6.01 Å². The Morgan fingerprint density at radius 1 is 1.40 bits per heavy atom. The van der Waals surface area contributed by atoms with E-state index in [1.165, 1.54) is 0 Å². The van der Waals surface area contributed by atoms with Gasteiger partial charge in [0.25, 0.3) is 0 Å². The van der Waals surface area contributed by atoms with Crippen LogP contribution in [0, 0.1) is 12.3 Å². The number of rotatable bonds is 6. The highest BCUT2D eigenvalue weighted by molar-refractivity contribution is 4.94. The summed E-state index contributed by atoms with van der Waals surface area (Å²) in [5, 5.41) is 0. The van der Waals surface area contributed by atoms with E-state index in [4.69, 9.17) is 11.2 Å². The van der Waals surface area contributed by atoms with Crippen LogP contribution in [0.4, 0.5) is 0 Å². The monoisotopic (exact) mass is 204 g/mol. The summed E-state index contributed by atoms with van der Waals surface area (Å²) >= 11 is 0. The highest BCUT2D eigenvalue weighted by Gasteiger charge is 2.09. The lowest BCUT2D eigenvalue weighted by molar-refractivity contribution is 0.166. The summed E-state index contributed by atoms with van der Waals surface area (Å²) in [7, 11) is 0. The first-order valence-electron chi connectivity index (χ1n) is 5.24. The molecule has 0 aromatic carbocycles. The van der Waals surface area contributed by atoms with Crippen molar-refractivity contribution < 1.29 is 4.74 Å². The number of ether oxygens (including phenoxy) is 1. The molecule has 0 fully saturated rings. The van der Waals surface area contributed by atoms with Gasteiger partial charge in [-0.3, -0.25) is 0 Å². The van der Waals surface area contributed by atoms with E-state index in [0.717, 1.165) is 25.7 Å². The van der Waals surface area contributed by atoms with E-state index < -0.39 is 0 Å². The van der Waals surface area contributed by atoms with Gasteiger partial charge < -0.3 is 4.74 Å². The van der Waals surface area contributed by atoms with Gasteiger partial charge in [-0.1, -0.05) is 13.3 Å². The predicted molar refractivity (Wildman–Crippen MR) is 59.4 cm³/mol. The molecule has 0 amide bonds. The Morgan fingerprint density at radius 2 is 2.13 bits per heavy atom. The fraction of sp³-hybridized carbons (Fsp3) is 0.500. The van der Waals surface area contributed by atoms with E-state index in [1.54, 1.807) is 18.5 Å². The second-order valence-corrected chi connectivity index (χ2v) is 3.30. The smallest absolute Gasteiger partial charge is 0.316 e. The molecule has 0 bridgehead atoms. The van der Waals surface area contributed by atoms with Crippen molar-refractivity contribution in [3.05, 3.63) is 18.5 Å². The highest BCUT2D eigenvalue weighted by Crippen LogP contribution is 2.11. The van der Waals surface area contributed by atoms with Crippen LogP contribution in [0.2, 0.25) is 0 Å². The number of hydrogen-bond acceptors (Lipinski definition) is 3. The first kappa shape index (κ1) is 11.5. The number of hydrogen-bond donors (Lipinski definition) is 0. The minimum Gasteiger partial charge on any atom is -0.460 e. The standard InChI is InChI=1S/C12H16N2O/c1-3-5-8-11(7-4-2)15-12-13-9-6-10-14-12/h1,6,9-11H,4-5,7-8H2,2H3. The van der Waals surface area contributed by atoms with Crippen LogP contribution in [0.1, 0.15) is 32.6 Å². The topological polar surface area (TPSA) is 35.0 Å². The molecule has 1 aromatic heterocycles. The quantitative estimate of drug-likeness (QED) is 0.667. The molecule has 0 spiro atoms. The molecule has 3 heteroatoms. The third-order valence-electron chi connectivity index (χ3n) is 2.04. The second-order valence-electron chi connectivity index (χ2n) is 3.30. The summed E-state index contributed by atoms with van der Waals surface area (Å²) in [5.74, 6) is 2.62. The van der Waals surface area contributed by atoms with Gasteiger partial charge in [-0.2, -0.15) is 0 Å². The van der Waals surface area contributed by atoms with Crippen molar-refractivity contribution in [2.24, 2.45) is 0 Å². The lowest BCUT2D eigenvalue weighted by atomic mass is 10.1. The van der Waals surface area contributed by atoms with Gasteiger partial charge in [0.1, 0.15) is 6.10 Å². The van der Waals surface area contributed by atoms with Crippen LogP contribution in [0.15, 0.2) is 18.5 Å². The van der Waals surface area contributed by atoms with Crippen molar-refractivity contribution in [2.75, 3.05) is 0 Å². The van der Waals surface area contributed by atoms with Gasteiger partial charge in [-0.25, -0.2) is 9.97 Å². The van der Waals surface area contributed by atoms with Crippen LogP contribution >= 0.6 is 0 Å². The Morgan fingerprint density at radius 3 is 2.73 bits per heavy atom. The molecule has 1 rings (SSSR count). The van der Waals surface area contributed by atoms with E-state index in [0.29, 0.717) is 6.01 Å². The molecule has 1 heterocycles. The zero-order valence-corrected chi connectivity index (χ0v) is 9.02. The van der Waals surface area contributed by atoms with Crippen molar-refractivity contribution in [1.29, 1.82) is 0 Å². The van der Waals surface area contributed by atoms with Crippen molar-refractivity contribution in [2.45, 2.75) is 38.7 Å². The lowest BCUT2D eigenvalue weighted by Gasteiger charge is -2.15. The molecular formula is C12H16N2O. The third-order valence-corrected chi connectivity index (χ3v) is 2.04. The maximum atomic E-state index is 5.64. The first-order chi connectivity index (χ1) is 7.36. The summed E-state index contributed by atoms with van der Waals surface area (Å²) in [4.78, 5) is 8.05. The molecule has 0 N–H and O–H groups in total. The number of terminal acetylenes is 1. The van der Waals surface area contributed by atoms with Gasteiger partial charge in [-0.15, -0.1) is 12.3 Å². The minimum absolute atomic E-state index is 0.133. The molecular weight excluding hydrogens is 188 g/mol. The second kappa shape index (κ2) is 6.83. The zero-order chi connectivity index (χ0) is 10.9. The molecule has 0 saturated heterocycles. The maximum Gasteiger partial charge on any atom is 0.316 e. The molecule has 1 atom stereocenters. The number of nitrogens with zero attached hydrogens (tertiary/aromatic N) is 2. The van der Waals surface area contributed by atoms with Gasteiger partial charge >= 0.3 is 6.01 Å². The van der Waals surface area contributed by atoms with Crippen molar-refractivity contribution in [3.8, 4) is 18.4 Å². The first-order valence-corrected chi connectivity index (χ1v) is 5.24. The molecule has 1 unspecified atom stereocenters. The summed E-state index contributed by atoms with van der Waals surface area (Å²) in [5.41, 5.74) is 0. The molecule has 80 valence electrons. The van der Waals surface area contributed by atoms with Gasteiger partial charge in [0, 0.05) is 18.8 Å². The van der Waals surface area contributed by atoms with Gasteiger partial charge in [-0.05, 0) is 18.9 Å². The Kier molecular flexibility index (Phi) is 5.24. The number of aromatic nitrogens is 2. The fourth-order valence-corrected chi connectivity index (χ4v) is 1.32. The Bertz CT molecular complexity index is 305. The summed E-state index contributed by atoms with van der Waals surface area (Å²) < 4.78 is 5.64. The molecule has 0 radical (unpaired) electrons. The fourth-order valence-electron chi connectivity index (χ4n) is 1.32. The van der Waals surface area contributed by atoms with E-state index in [-0.39, 0.29) is 6.10 Å². The van der Waals surface area contributed by atoms with Crippen LogP contribution in [-0.4, -0.2) is 16.1 Å². The third kappa shape index (κ3) is 4.46. The van der Waals surface area contributed by atoms with Gasteiger partial charge in [0.15, 0.2) is 0 Å². The van der Waals surface area contributed by atoms with Gasteiger partial charge in [0.05, 0.1) is 0 Å². The average Bonchev–Trinajstić information content (AvgIpc) is 2.28. The predicted octanol–water partition coefficient (Wildman–Crippen LogP) is 2.44. The molecule has 0 aliphatic rings.